The van der Waals surface area contributed by atoms with Gasteiger partial charge in [0.15, 0.2) is 5.96 Å². The Morgan fingerprint density at radius 2 is 2.12 bits per heavy atom. The van der Waals surface area contributed by atoms with Gasteiger partial charge in [-0.15, -0.1) is 24.0 Å². The molecule has 16 heavy (non-hydrogen) atoms. The second-order valence-electron chi connectivity index (χ2n) is 4.44. The van der Waals surface area contributed by atoms with E-state index in [0.717, 1.165) is 25.0 Å². The lowest BCUT2D eigenvalue weighted by Crippen LogP contribution is -2.42. The number of halogens is 1. The maximum Gasteiger partial charge on any atom is 0.191 e. The van der Waals surface area contributed by atoms with E-state index < -0.39 is 0 Å². The fourth-order valence-corrected chi connectivity index (χ4v) is 3.02. The zero-order chi connectivity index (χ0) is 10.7. The monoisotopic (exact) mass is 355 g/mol. The molecule has 2 rings (SSSR count). The SMILES string of the molecule is CCCC1CC1N=C(N)N1CCSCC1.I. The summed E-state index contributed by atoms with van der Waals surface area (Å²) in [6.07, 6.45) is 3.85. The number of nitrogens with two attached hydrogens (primary N) is 1. The van der Waals surface area contributed by atoms with Crippen LogP contribution in [0.4, 0.5) is 0 Å². The van der Waals surface area contributed by atoms with Gasteiger partial charge >= 0.3 is 0 Å². The number of guanidine groups is 1. The molecule has 0 aromatic heterocycles. The molecule has 0 radical (unpaired) electrons. The maximum absolute atomic E-state index is 6.01. The van der Waals surface area contributed by atoms with E-state index in [1.807, 2.05) is 11.8 Å². The van der Waals surface area contributed by atoms with Crippen LogP contribution in [0.25, 0.3) is 0 Å². The van der Waals surface area contributed by atoms with Gasteiger partial charge in [0.2, 0.25) is 0 Å². The number of hydrogen-bond donors (Lipinski definition) is 1. The fraction of sp³-hybridized carbons (Fsp3) is 0.909. The average molecular weight is 355 g/mol. The lowest BCUT2D eigenvalue weighted by molar-refractivity contribution is 0.455. The van der Waals surface area contributed by atoms with Crippen LogP contribution in [0.15, 0.2) is 4.99 Å². The minimum absolute atomic E-state index is 0. The van der Waals surface area contributed by atoms with Crippen LogP contribution in [0.2, 0.25) is 0 Å². The number of aliphatic imine (C=N–C) groups is 1. The summed E-state index contributed by atoms with van der Waals surface area (Å²) in [6, 6.07) is 0.541. The summed E-state index contributed by atoms with van der Waals surface area (Å²) >= 11 is 2.01. The molecule has 2 aliphatic rings. The minimum Gasteiger partial charge on any atom is -0.370 e. The lowest BCUT2D eigenvalue weighted by atomic mass is 10.2. The Morgan fingerprint density at radius 3 is 2.75 bits per heavy atom. The Kier molecular flexibility index (Phi) is 6.25. The molecule has 1 aliphatic heterocycles. The highest BCUT2D eigenvalue weighted by Crippen LogP contribution is 2.37. The Balaban J connectivity index is 0.00000128. The molecule has 1 heterocycles. The van der Waals surface area contributed by atoms with Crippen LogP contribution in [-0.2, 0) is 0 Å². The first kappa shape index (κ1) is 14.4. The first-order chi connectivity index (χ1) is 7.31. The van der Waals surface area contributed by atoms with Gasteiger partial charge < -0.3 is 10.6 Å². The first-order valence-electron chi connectivity index (χ1n) is 5.97. The predicted molar refractivity (Wildman–Crippen MR) is 82.7 cm³/mol. The first-order valence-corrected chi connectivity index (χ1v) is 7.12. The lowest BCUT2D eigenvalue weighted by Gasteiger charge is -2.27. The summed E-state index contributed by atoms with van der Waals surface area (Å²) in [7, 11) is 0. The third-order valence-electron chi connectivity index (χ3n) is 3.18. The van der Waals surface area contributed by atoms with Gasteiger partial charge in [0.1, 0.15) is 0 Å². The van der Waals surface area contributed by atoms with E-state index in [1.165, 1.54) is 30.8 Å². The molecular formula is C11H22IN3S. The van der Waals surface area contributed by atoms with E-state index >= 15 is 0 Å². The molecule has 1 saturated carbocycles. The Labute approximate surface area is 120 Å². The topological polar surface area (TPSA) is 41.6 Å². The Morgan fingerprint density at radius 1 is 1.44 bits per heavy atom. The molecule has 2 atom stereocenters. The minimum atomic E-state index is 0. The van der Waals surface area contributed by atoms with Crippen molar-refractivity contribution in [3.8, 4) is 0 Å². The van der Waals surface area contributed by atoms with Crippen LogP contribution in [0.3, 0.4) is 0 Å². The maximum atomic E-state index is 6.01. The molecule has 1 aliphatic carbocycles. The van der Waals surface area contributed by atoms with Crippen LogP contribution in [0, 0.1) is 5.92 Å². The molecule has 2 N–H and O–H groups in total. The standard InChI is InChI=1S/C11H21N3S.HI/c1-2-3-9-8-10(9)13-11(12)14-4-6-15-7-5-14;/h9-10H,2-8H2,1H3,(H2,12,13);1H. The molecule has 5 heteroatoms. The largest absolute Gasteiger partial charge is 0.370 e. The highest BCUT2D eigenvalue weighted by atomic mass is 127. The van der Waals surface area contributed by atoms with Crippen LogP contribution < -0.4 is 5.73 Å². The van der Waals surface area contributed by atoms with E-state index in [0.29, 0.717) is 6.04 Å². The molecule has 0 aromatic rings. The smallest absolute Gasteiger partial charge is 0.191 e. The molecule has 1 saturated heterocycles. The summed E-state index contributed by atoms with van der Waals surface area (Å²) in [4.78, 5) is 6.86. The van der Waals surface area contributed by atoms with Crippen molar-refractivity contribution in [2.24, 2.45) is 16.6 Å². The van der Waals surface area contributed by atoms with Gasteiger partial charge in [-0.2, -0.15) is 11.8 Å². The molecule has 94 valence electrons. The number of nitrogens with zero attached hydrogens (tertiary/aromatic N) is 2. The molecule has 3 nitrogen and oxygen atoms in total. The van der Waals surface area contributed by atoms with Crippen molar-refractivity contribution in [3.05, 3.63) is 0 Å². The van der Waals surface area contributed by atoms with Gasteiger partial charge in [-0.1, -0.05) is 13.3 Å². The third-order valence-corrected chi connectivity index (χ3v) is 4.12. The highest BCUT2D eigenvalue weighted by Gasteiger charge is 2.36. The third kappa shape index (κ3) is 3.98. The average Bonchev–Trinajstić information content (AvgIpc) is 2.98. The fourth-order valence-electron chi connectivity index (χ4n) is 2.11. The van der Waals surface area contributed by atoms with Gasteiger partial charge in [-0.05, 0) is 18.8 Å². The van der Waals surface area contributed by atoms with E-state index in [9.17, 15) is 0 Å². The summed E-state index contributed by atoms with van der Waals surface area (Å²) in [5.41, 5.74) is 6.01. The van der Waals surface area contributed by atoms with Crippen LogP contribution >= 0.6 is 35.7 Å². The Bertz CT molecular complexity index is 241. The van der Waals surface area contributed by atoms with Crippen molar-refractivity contribution >= 4 is 41.7 Å². The normalized spacial score (nSPS) is 29.8. The molecule has 2 fully saturated rings. The molecule has 0 amide bonds. The van der Waals surface area contributed by atoms with Crippen molar-refractivity contribution < 1.29 is 0 Å². The second kappa shape index (κ2) is 6.93. The van der Waals surface area contributed by atoms with Crippen molar-refractivity contribution in [1.82, 2.24) is 4.90 Å². The number of hydrogen-bond acceptors (Lipinski definition) is 2. The van der Waals surface area contributed by atoms with E-state index in [2.05, 4.69) is 16.8 Å². The number of thioether (sulfide) groups is 1. The second-order valence-corrected chi connectivity index (χ2v) is 5.66. The number of rotatable bonds is 3. The molecule has 2 unspecified atom stereocenters. The van der Waals surface area contributed by atoms with Crippen molar-refractivity contribution in [2.75, 3.05) is 24.6 Å². The summed E-state index contributed by atoms with van der Waals surface area (Å²) in [6.45, 7) is 4.39. The molecule has 0 bridgehead atoms. The molecular weight excluding hydrogens is 333 g/mol. The van der Waals surface area contributed by atoms with E-state index in [1.54, 1.807) is 0 Å². The van der Waals surface area contributed by atoms with Gasteiger partial charge in [0.25, 0.3) is 0 Å². The highest BCUT2D eigenvalue weighted by molar-refractivity contribution is 14.0. The zero-order valence-corrected chi connectivity index (χ0v) is 13.0. The van der Waals surface area contributed by atoms with Gasteiger partial charge in [-0.3, -0.25) is 0 Å². The van der Waals surface area contributed by atoms with E-state index in [-0.39, 0.29) is 24.0 Å². The van der Waals surface area contributed by atoms with Gasteiger partial charge in [-0.25, -0.2) is 4.99 Å². The van der Waals surface area contributed by atoms with Crippen LogP contribution in [-0.4, -0.2) is 41.5 Å². The summed E-state index contributed by atoms with van der Waals surface area (Å²) in [5.74, 6) is 4.00. The predicted octanol–water partition coefficient (Wildman–Crippen LogP) is 2.16. The molecule has 0 spiro atoms. The van der Waals surface area contributed by atoms with Crippen molar-refractivity contribution in [3.63, 3.8) is 0 Å². The summed E-state index contributed by atoms with van der Waals surface area (Å²) < 4.78 is 0. The van der Waals surface area contributed by atoms with Crippen molar-refractivity contribution in [2.45, 2.75) is 32.2 Å². The van der Waals surface area contributed by atoms with Gasteiger partial charge in [0.05, 0.1) is 6.04 Å². The quantitative estimate of drug-likeness (QED) is 0.479. The van der Waals surface area contributed by atoms with Crippen LogP contribution in [0.1, 0.15) is 26.2 Å². The zero-order valence-electron chi connectivity index (χ0n) is 9.89. The van der Waals surface area contributed by atoms with Crippen molar-refractivity contribution in [1.29, 1.82) is 0 Å². The Hall–Kier alpha value is 0.350. The van der Waals surface area contributed by atoms with Gasteiger partial charge in [0, 0.05) is 24.6 Å². The molecule has 0 aromatic carbocycles. The van der Waals surface area contributed by atoms with Crippen LogP contribution in [0.5, 0.6) is 0 Å². The van der Waals surface area contributed by atoms with E-state index in [4.69, 9.17) is 5.73 Å². The summed E-state index contributed by atoms with van der Waals surface area (Å²) in [5, 5.41) is 0.